The maximum atomic E-state index is 12.4. The Labute approximate surface area is 172 Å². The zero-order valence-corrected chi connectivity index (χ0v) is 18.0. The van der Waals surface area contributed by atoms with E-state index in [0.29, 0.717) is 12.2 Å². The highest BCUT2D eigenvalue weighted by molar-refractivity contribution is 7.89. The maximum Gasteiger partial charge on any atom is 0.260 e. The lowest BCUT2D eigenvalue weighted by atomic mass is 10.1. The van der Waals surface area contributed by atoms with Crippen LogP contribution in [0.5, 0.6) is 11.5 Å². The summed E-state index contributed by atoms with van der Waals surface area (Å²) < 4.78 is 38.2. The van der Waals surface area contributed by atoms with Crippen LogP contribution >= 0.6 is 0 Å². The Bertz CT molecular complexity index is 894. The number of carbonyl (C=O) groups is 1. The summed E-state index contributed by atoms with van der Waals surface area (Å²) in [5, 5.41) is 2.76. The summed E-state index contributed by atoms with van der Waals surface area (Å²) in [6, 6.07) is 13.5. The fraction of sp³-hybridized carbons (Fsp3) is 0.381. The van der Waals surface area contributed by atoms with Crippen molar-refractivity contribution in [2.75, 3.05) is 13.7 Å². The van der Waals surface area contributed by atoms with Gasteiger partial charge in [-0.1, -0.05) is 12.1 Å². The van der Waals surface area contributed by atoms with E-state index in [9.17, 15) is 13.2 Å². The monoisotopic (exact) mass is 420 g/mol. The lowest BCUT2D eigenvalue weighted by Crippen LogP contribution is -2.40. The molecule has 0 unspecified atom stereocenters. The minimum absolute atomic E-state index is 0.0186. The summed E-state index contributed by atoms with van der Waals surface area (Å²) in [5.74, 6) is 0.957. The van der Waals surface area contributed by atoms with Crippen molar-refractivity contribution >= 4 is 15.9 Å². The molecule has 0 aliphatic rings. The molecule has 1 amide bonds. The van der Waals surface area contributed by atoms with Crippen molar-refractivity contribution in [3.8, 4) is 11.5 Å². The largest absolute Gasteiger partial charge is 0.497 e. The molecule has 0 bridgehead atoms. The van der Waals surface area contributed by atoms with Crippen LogP contribution in [0.1, 0.15) is 26.3 Å². The molecule has 0 saturated heterocycles. The van der Waals surface area contributed by atoms with Crippen molar-refractivity contribution in [2.45, 2.75) is 44.2 Å². The summed E-state index contributed by atoms with van der Waals surface area (Å²) >= 11 is 0. The van der Waals surface area contributed by atoms with E-state index in [4.69, 9.17) is 9.47 Å². The predicted octanol–water partition coefficient (Wildman–Crippen LogP) is 2.51. The predicted molar refractivity (Wildman–Crippen MR) is 112 cm³/mol. The van der Waals surface area contributed by atoms with Gasteiger partial charge in [0.15, 0.2) is 6.10 Å². The molecule has 0 fully saturated rings. The Morgan fingerprint density at radius 2 is 1.55 bits per heavy atom. The molecular weight excluding hydrogens is 392 g/mol. The highest BCUT2D eigenvalue weighted by Crippen LogP contribution is 2.17. The Balaban J connectivity index is 1.90. The van der Waals surface area contributed by atoms with Crippen molar-refractivity contribution in [3.05, 3.63) is 54.1 Å². The first-order valence-corrected chi connectivity index (χ1v) is 10.9. The quantitative estimate of drug-likeness (QED) is 0.616. The van der Waals surface area contributed by atoms with Crippen molar-refractivity contribution < 1.29 is 22.7 Å². The molecule has 7 nitrogen and oxygen atoms in total. The molecule has 2 N–H and O–H groups in total. The van der Waals surface area contributed by atoms with E-state index >= 15 is 0 Å². The summed E-state index contributed by atoms with van der Waals surface area (Å²) in [4.78, 5) is 12.0. The minimum atomic E-state index is -3.63. The second kappa shape index (κ2) is 10.3. The summed E-state index contributed by atoms with van der Waals surface area (Å²) in [5.41, 5.74) is 1.01. The van der Waals surface area contributed by atoms with Crippen LogP contribution < -0.4 is 19.5 Å². The molecule has 29 heavy (non-hydrogen) atoms. The van der Waals surface area contributed by atoms with E-state index in [1.807, 2.05) is 38.1 Å². The van der Waals surface area contributed by atoms with Gasteiger partial charge in [-0.2, -0.15) is 0 Å². The van der Waals surface area contributed by atoms with Crippen molar-refractivity contribution in [1.82, 2.24) is 10.0 Å². The molecule has 8 heteroatoms. The molecule has 0 aliphatic carbocycles. The van der Waals surface area contributed by atoms with Crippen LogP contribution in [0.4, 0.5) is 0 Å². The zero-order valence-electron chi connectivity index (χ0n) is 17.1. The summed E-state index contributed by atoms with van der Waals surface area (Å²) in [7, 11) is -2.03. The van der Waals surface area contributed by atoms with Crippen molar-refractivity contribution in [2.24, 2.45) is 0 Å². The number of carbonyl (C=O) groups excluding carboxylic acids is 1. The van der Waals surface area contributed by atoms with Crippen LogP contribution in [-0.4, -0.2) is 40.1 Å². The normalized spacial score (nSPS) is 12.4. The molecule has 0 heterocycles. The third-order valence-electron chi connectivity index (χ3n) is 4.11. The van der Waals surface area contributed by atoms with Gasteiger partial charge in [-0.3, -0.25) is 4.79 Å². The third-order valence-corrected chi connectivity index (χ3v) is 5.59. The van der Waals surface area contributed by atoms with E-state index in [-0.39, 0.29) is 23.4 Å². The first kappa shape index (κ1) is 22.7. The van der Waals surface area contributed by atoms with Crippen LogP contribution in [0.2, 0.25) is 0 Å². The molecule has 2 aromatic rings. The number of methoxy groups -OCH3 is 1. The SMILES string of the molecule is COc1ccc(CCNS(=O)(=O)c2ccc(O[C@@H](C)C(=O)NC(C)C)cc2)cc1. The first-order chi connectivity index (χ1) is 13.7. The molecule has 0 spiro atoms. The fourth-order valence-corrected chi connectivity index (χ4v) is 3.59. The number of rotatable bonds is 10. The average Bonchev–Trinajstić information content (AvgIpc) is 2.68. The molecule has 2 rings (SSSR count). The van der Waals surface area contributed by atoms with Gasteiger partial charge >= 0.3 is 0 Å². The van der Waals surface area contributed by atoms with Crippen LogP contribution in [0.15, 0.2) is 53.4 Å². The molecule has 0 radical (unpaired) electrons. The topological polar surface area (TPSA) is 93.7 Å². The number of nitrogens with one attached hydrogen (secondary N) is 2. The molecule has 0 aromatic heterocycles. The molecule has 1 atom stereocenters. The Hall–Kier alpha value is -2.58. The van der Waals surface area contributed by atoms with Crippen LogP contribution in [-0.2, 0) is 21.2 Å². The van der Waals surface area contributed by atoms with E-state index in [0.717, 1.165) is 11.3 Å². The van der Waals surface area contributed by atoms with Crippen LogP contribution in [0.25, 0.3) is 0 Å². The smallest absolute Gasteiger partial charge is 0.260 e. The third kappa shape index (κ3) is 7.07. The van der Waals surface area contributed by atoms with Gasteiger partial charge in [-0.05, 0) is 69.2 Å². The first-order valence-electron chi connectivity index (χ1n) is 9.41. The lowest BCUT2D eigenvalue weighted by molar-refractivity contribution is -0.127. The molecular formula is C21H28N2O5S. The Kier molecular flexibility index (Phi) is 8.04. The van der Waals surface area contributed by atoms with Crippen LogP contribution in [0.3, 0.4) is 0 Å². The summed E-state index contributed by atoms with van der Waals surface area (Å²) in [6.45, 7) is 5.65. The molecule has 0 saturated carbocycles. The molecule has 158 valence electrons. The number of hydrogen-bond donors (Lipinski definition) is 2. The van der Waals surface area contributed by atoms with E-state index in [2.05, 4.69) is 10.0 Å². The Morgan fingerprint density at radius 1 is 0.966 bits per heavy atom. The lowest BCUT2D eigenvalue weighted by Gasteiger charge is -2.16. The van der Waals surface area contributed by atoms with Crippen molar-refractivity contribution in [3.63, 3.8) is 0 Å². The van der Waals surface area contributed by atoms with E-state index in [1.165, 1.54) is 24.3 Å². The summed E-state index contributed by atoms with van der Waals surface area (Å²) in [6.07, 6.45) is -0.116. The van der Waals surface area contributed by atoms with Gasteiger partial charge in [0.25, 0.3) is 5.91 Å². The Morgan fingerprint density at radius 3 is 2.10 bits per heavy atom. The average molecular weight is 421 g/mol. The van der Waals surface area contributed by atoms with Gasteiger partial charge in [0.2, 0.25) is 10.0 Å². The van der Waals surface area contributed by atoms with Gasteiger partial charge in [0.05, 0.1) is 12.0 Å². The second-order valence-electron chi connectivity index (χ2n) is 6.89. The van der Waals surface area contributed by atoms with E-state index in [1.54, 1.807) is 14.0 Å². The zero-order chi connectivity index (χ0) is 21.4. The number of sulfonamides is 1. The van der Waals surface area contributed by atoms with Gasteiger partial charge in [0.1, 0.15) is 11.5 Å². The number of hydrogen-bond acceptors (Lipinski definition) is 5. The second-order valence-corrected chi connectivity index (χ2v) is 8.66. The molecule has 2 aromatic carbocycles. The number of amides is 1. The highest BCUT2D eigenvalue weighted by atomic mass is 32.2. The highest BCUT2D eigenvalue weighted by Gasteiger charge is 2.17. The van der Waals surface area contributed by atoms with Gasteiger partial charge in [-0.15, -0.1) is 0 Å². The van der Waals surface area contributed by atoms with Gasteiger partial charge < -0.3 is 14.8 Å². The molecule has 0 aliphatic heterocycles. The van der Waals surface area contributed by atoms with Gasteiger partial charge in [-0.25, -0.2) is 13.1 Å². The fourth-order valence-electron chi connectivity index (χ4n) is 2.56. The number of ether oxygens (including phenoxy) is 2. The number of benzene rings is 2. The van der Waals surface area contributed by atoms with E-state index < -0.39 is 16.1 Å². The van der Waals surface area contributed by atoms with Crippen molar-refractivity contribution in [1.29, 1.82) is 0 Å². The van der Waals surface area contributed by atoms with Crippen LogP contribution in [0, 0.1) is 0 Å². The maximum absolute atomic E-state index is 12.4. The minimum Gasteiger partial charge on any atom is -0.497 e. The van der Waals surface area contributed by atoms with Gasteiger partial charge in [0, 0.05) is 12.6 Å². The standard InChI is InChI=1S/C21H28N2O5S/c1-15(2)23-21(24)16(3)28-19-9-11-20(12-10-19)29(25,26)22-14-13-17-5-7-18(27-4)8-6-17/h5-12,15-16,22H,13-14H2,1-4H3,(H,23,24)/t16-/m0/s1.